The molecule has 0 spiro atoms. The van der Waals surface area contributed by atoms with E-state index in [1.807, 2.05) is 24.3 Å². The molecule has 3 rings (SSSR count). The van der Waals surface area contributed by atoms with Gasteiger partial charge in [-0.25, -0.2) is 4.79 Å². The van der Waals surface area contributed by atoms with Gasteiger partial charge in [-0.2, -0.15) is 0 Å². The van der Waals surface area contributed by atoms with Crippen molar-refractivity contribution in [2.24, 2.45) is 0 Å². The SMILES string of the molecule is CCOC(=O)C1=C(C)O[C@@H](C(=O)c2ccco2)[C@@H]1c1cccc(Br)c1. The number of rotatable bonds is 5. The second-order valence-corrected chi connectivity index (χ2v) is 6.52. The third-order valence-electron chi connectivity index (χ3n) is 4.02. The van der Waals surface area contributed by atoms with Crippen LogP contribution in [0.1, 0.15) is 35.9 Å². The lowest BCUT2D eigenvalue weighted by Crippen LogP contribution is -2.29. The van der Waals surface area contributed by atoms with Crippen LogP contribution in [0.4, 0.5) is 0 Å². The third-order valence-corrected chi connectivity index (χ3v) is 4.52. The number of carbonyl (C=O) groups is 2. The summed E-state index contributed by atoms with van der Waals surface area (Å²) in [4.78, 5) is 25.3. The van der Waals surface area contributed by atoms with E-state index in [1.54, 1.807) is 26.0 Å². The van der Waals surface area contributed by atoms with Gasteiger partial charge >= 0.3 is 5.97 Å². The first-order chi connectivity index (χ1) is 12.0. The zero-order valence-corrected chi connectivity index (χ0v) is 15.4. The lowest BCUT2D eigenvalue weighted by Gasteiger charge is -2.19. The second kappa shape index (κ2) is 7.27. The Bertz CT molecular complexity index is 822. The number of hydrogen-bond donors (Lipinski definition) is 0. The molecular formula is C19H17BrO5. The normalized spacial score (nSPS) is 19.6. The molecule has 0 saturated heterocycles. The molecular weight excluding hydrogens is 388 g/mol. The summed E-state index contributed by atoms with van der Waals surface area (Å²) in [6, 6.07) is 10.7. The molecule has 1 aromatic heterocycles. The highest BCUT2D eigenvalue weighted by Crippen LogP contribution is 2.41. The highest BCUT2D eigenvalue weighted by molar-refractivity contribution is 9.10. The number of benzene rings is 1. The Kier molecular flexibility index (Phi) is 5.08. The van der Waals surface area contributed by atoms with E-state index in [-0.39, 0.29) is 18.2 Å². The van der Waals surface area contributed by atoms with Crippen LogP contribution in [0.5, 0.6) is 0 Å². The second-order valence-electron chi connectivity index (χ2n) is 5.60. The number of halogens is 1. The zero-order valence-electron chi connectivity index (χ0n) is 13.8. The van der Waals surface area contributed by atoms with Crippen molar-refractivity contribution < 1.29 is 23.5 Å². The summed E-state index contributed by atoms with van der Waals surface area (Å²) in [6.45, 7) is 3.66. The summed E-state index contributed by atoms with van der Waals surface area (Å²) < 4.78 is 17.0. The van der Waals surface area contributed by atoms with E-state index in [4.69, 9.17) is 13.9 Å². The van der Waals surface area contributed by atoms with Gasteiger partial charge in [-0.3, -0.25) is 4.79 Å². The number of carbonyl (C=O) groups excluding carboxylic acids is 2. The van der Waals surface area contributed by atoms with E-state index in [2.05, 4.69) is 15.9 Å². The molecule has 0 saturated carbocycles. The maximum absolute atomic E-state index is 12.8. The van der Waals surface area contributed by atoms with Crippen molar-refractivity contribution in [3.05, 3.63) is 69.8 Å². The topological polar surface area (TPSA) is 65.7 Å². The highest BCUT2D eigenvalue weighted by Gasteiger charge is 2.45. The van der Waals surface area contributed by atoms with E-state index in [1.165, 1.54) is 6.26 Å². The molecule has 2 atom stereocenters. The van der Waals surface area contributed by atoms with Crippen molar-refractivity contribution in [2.75, 3.05) is 6.61 Å². The minimum Gasteiger partial charge on any atom is -0.485 e. The summed E-state index contributed by atoms with van der Waals surface area (Å²) >= 11 is 3.43. The summed E-state index contributed by atoms with van der Waals surface area (Å²) in [7, 11) is 0. The molecule has 0 bridgehead atoms. The van der Waals surface area contributed by atoms with E-state index in [0.29, 0.717) is 11.3 Å². The summed E-state index contributed by atoms with van der Waals surface area (Å²) in [6.07, 6.45) is 0.558. The number of furan rings is 1. The monoisotopic (exact) mass is 404 g/mol. The Balaban J connectivity index is 2.05. The number of esters is 1. The Hall–Kier alpha value is -2.34. The van der Waals surface area contributed by atoms with E-state index in [9.17, 15) is 9.59 Å². The van der Waals surface area contributed by atoms with Gasteiger partial charge in [0.25, 0.3) is 0 Å². The van der Waals surface area contributed by atoms with Crippen LogP contribution < -0.4 is 0 Å². The fraction of sp³-hybridized carbons (Fsp3) is 0.263. The molecule has 1 aliphatic heterocycles. The maximum atomic E-state index is 12.8. The van der Waals surface area contributed by atoms with Crippen molar-refractivity contribution in [3.8, 4) is 0 Å². The molecule has 1 aromatic carbocycles. The van der Waals surface area contributed by atoms with E-state index in [0.717, 1.165) is 10.0 Å². The average molecular weight is 405 g/mol. The third kappa shape index (κ3) is 3.39. The van der Waals surface area contributed by atoms with Crippen molar-refractivity contribution in [1.82, 2.24) is 0 Å². The van der Waals surface area contributed by atoms with Gasteiger partial charge in [0.1, 0.15) is 5.76 Å². The summed E-state index contributed by atoms with van der Waals surface area (Å²) in [5.74, 6) is -0.751. The fourth-order valence-corrected chi connectivity index (χ4v) is 3.39. The van der Waals surface area contributed by atoms with Crippen LogP contribution in [-0.2, 0) is 14.3 Å². The Labute approximate surface area is 153 Å². The first-order valence-electron chi connectivity index (χ1n) is 7.90. The molecule has 2 aromatic rings. The first-order valence-corrected chi connectivity index (χ1v) is 8.70. The molecule has 130 valence electrons. The summed E-state index contributed by atoms with van der Waals surface area (Å²) in [5, 5.41) is 0. The van der Waals surface area contributed by atoms with Crippen LogP contribution in [0.15, 0.2) is 62.9 Å². The predicted octanol–water partition coefficient (Wildman–Crippen LogP) is 4.24. The predicted molar refractivity (Wildman–Crippen MR) is 94.1 cm³/mol. The number of Topliss-reactive ketones (excluding diaryl/α,β-unsaturated/α-hetero) is 1. The number of hydrogen-bond acceptors (Lipinski definition) is 5. The fourth-order valence-electron chi connectivity index (χ4n) is 2.98. The minimum absolute atomic E-state index is 0.197. The van der Waals surface area contributed by atoms with E-state index < -0.39 is 18.0 Å². The van der Waals surface area contributed by atoms with Crippen LogP contribution in [0.3, 0.4) is 0 Å². The smallest absolute Gasteiger partial charge is 0.338 e. The van der Waals surface area contributed by atoms with Crippen molar-refractivity contribution in [3.63, 3.8) is 0 Å². The lowest BCUT2D eigenvalue weighted by molar-refractivity contribution is -0.138. The van der Waals surface area contributed by atoms with Gasteiger partial charge in [-0.15, -0.1) is 0 Å². The van der Waals surface area contributed by atoms with Gasteiger partial charge in [0.15, 0.2) is 11.9 Å². The Morgan fingerprint density at radius 1 is 1.24 bits per heavy atom. The quantitative estimate of drug-likeness (QED) is 0.550. The molecule has 2 heterocycles. The van der Waals surface area contributed by atoms with Crippen molar-refractivity contribution >= 4 is 27.7 Å². The van der Waals surface area contributed by atoms with Crippen molar-refractivity contribution in [2.45, 2.75) is 25.9 Å². The van der Waals surface area contributed by atoms with Gasteiger partial charge < -0.3 is 13.9 Å². The molecule has 0 radical (unpaired) electrons. The number of ether oxygens (including phenoxy) is 2. The molecule has 0 unspecified atom stereocenters. The van der Waals surface area contributed by atoms with Crippen LogP contribution in [-0.4, -0.2) is 24.5 Å². The molecule has 5 nitrogen and oxygen atoms in total. The van der Waals surface area contributed by atoms with Gasteiger partial charge in [0.2, 0.25) is 5.78 Å². The minimum atomic E-state index is -0.875. The van der Waals surface area contributed by atoms with Crippen LogP contribution in [0, 0.1) is 0 Å². The largest absolute Gasteiger partial charge is 0.485 e. The van der Waals surface area contributed by atoms with Crippen molar-refractivity contribution in [1.29, 1.82) is 0 Å². The van der Waals surface area contributed by atoms with Gasteiger partial charge in [0.05, 0.1) is 24.4 Å². The molecule has 0 aliphatic carbocycles. The molecule has 25 heavy (non-hydrogen) atoms. The maximum Gasteiger partial charge on any atom is 0.338 e. The zero-order chi connectivity index (χ0) is 18.0. The molecule has 0 N–H and O–H groups in total. The first kappa shape index (κ1) is 17.5. The highest BCUT2D eigenvalue weighted by atomic mass is 79.9. The van der Waals surface area contributed by atoms with Crippen LogP contribution in [0.25, 0.3) is 0 Å². The molecule has 6 heteroatoms. The van der Waals surface area contributed by atoms with E-state index >= 15 is 0 Å². The Morgan fingerprint density at radius 3 is 2.68 bits per heavy atom. The van der Waals surface area contributed by atoms with Gasteiger partial charge in [0, 0.05) is 4.47 Å². The Morgan fingerprint density at radius 2 is 2.04 bits per heavy atom. The average Bonchev–Trinajstić information content (AvgIpc) is 3.22. The van der Waals surface area contributed by atoms with Crippen LogP contribution >= 0.6 is 15.9 Å². The standard InChI is InChI=1S/C19H17BrO5/c1-3-23-19(22)15-11(2)25-18(17(21)14-8-5-9-24-14)16(15)12-6-4-7-13(20)10-12/h4-10,16,18H,3H2,1-2H3/t16-,18-/m1/s1. The lowest BCUT2D eigenvalue weighted by atomic mass is 9.85. The number of allylic oxidation sites excluding steroid dienone is 1. The van der Waals surface area contributed by atoms with Crippen LogP contribution in [0.2, 0.25) is 0 Å². The van der Waals surface area contributed by atoms with Gasteiger partial charge in [-0.1, -0.05) is 28.1 Å². The summed E-state index contributed by atoms with van der Waals surface area (Å²) in [5.41, 5.74) is 1.16. The van der Waals surface area contributed by atoms with Gasteiger partial charge in [-0.05, 0) is 43.7 Å². The molecule has 0 amide bonds. The molecule has 1 aliphatic rings. The number of ketones is 1. The molecule has 0 fully saturated rings.